The van der Waals surface area contributed by atoms with Gasteiger partial charge in [-0.15, -0.1) is 0 Å². The van der Waals surface area contributed by atoms with E-state index in [1.165, 1.54) is 102 Å². The van der Waals surface area contributed by atoms with Crippen molar-refractivity contribution in [1.29, 1.82) is 0 Å². The Labute approximate surface area is 285 Å². The minimum atomic E-state index is -0.382. The van der Waals surface area contributed by atoms with Gasteiger partial charge in [0.25, 0.3) is 0 Å². The van der Waals surface area contributed by atoms with E-state index in [1.54, 1.807) is 12.1 Å². The molecule has 0 aliphatic heterocycles. The molecule has 0 amide bonds. The van der Waals surface area contributed by atoms with Crippen LogP contribution < -0.4 is 9.47 Å². The third-order valence-corrected chi connectivity index (χ3v) is 9.01. The van der Waals surface area contributed by atoms with E-state index in [-0.39, 0.29) is 11.9 Å². The van der Waals surface area contributed by atoms with Crippen molar-refractivity contribution in [3.05, 3.63) is 83.4 Å². The number of carbonyl (C=O) groups excluding carboxylic acids is 1. The fourth-order valence-corrected chi connectivity index (χ4v) is 5.71. The first-order valence-electron chi connectivity index (χ1n) is 18.6. The van der Waals surface area contributed by atoms with Crippen LogP contribution in [0.25, 0.3) is 0 Å². The number of rotatable bonds is 24. The van der Waals surface area contributed by atoms with Gasteiger partial charge in [-0.3, -0.25) is 0 Å². The molecule has 0 saturated carbocycles. The summed E-state index contributed by atoms with van der Waals surface area (Å²) < 4.78 is 11.8. The largest absolute Gasteiger partial charge is 0.494 e. The Morgan fingerprint density at radius 1 is 0.638 bits per heavy atom. The van der Waals surface area contributed by atoms with Gasteiger partial charge in [-0.2, -0.15) is 10.2 Å². The lowest BCUT2D eigenvalue weighted by atomic mass is 9.97. The Balaban J connectivity index is 1.31. The SMILES string of the molecule is CCCCCCCCCCCCCCCCCCOc1ccc(C(=O)Oc2ccc(N=Nc3ccc(C)cc3)cc2C(C)CC)cc1. The number of hydrogen-bond acceptors (Lipinski definition) is 5. The molecular weight excluding hydrogens is 580 g/mol. The van der Waals surface area contributed by atoms with Gasteiger partial charge < -0.3 is 9.47 Å². The van der Waals surface area contributed by atoms with Crippen LogP contribution in [0.1, 0.15) is 157 Å². The predicted octanol–water partition coefficient (Wildman–Crippen LogP) is 13.8. The van der Waals surface area contributed by atoms with E-state index in [0.29, 0.717) is 17.9 Å². The fourth-order valence-electron chi connectivity index (χ4n) is 5.71. The molecule has 0 radical (unpaired) electrons. The molecule has 0 spiro atoms. The first kappa shape index (κ1) is 38.0. The maximum atomic E-state index is 13.0. The maximum Gasteiger partial charge on any atom is 0.343 e. The average molecular weight is 641 g/mol. The number of azo groups is 1. The molecule has 1 atom stereocenters. The zero-order valence-electron chi connectivity index (χ0n) is 29.8. The summed E-state index contributed by atoms with van der Waals surface area (Å²) in [5.41, 5.74) is 4.15. The molecule has 0 fully saturated rings. The summed E-state index contributed by atoms with van der Waals surface area (Å²) in [6.07, 6.45) is 22.6. The van der Waals surface area contributed by atoms with Gasteiger partial charge in [0.05, 0.1) is 23.5 Å². The number of esters is 1. The number of benzene rings is 3. The lowest BCUT2D eigenvalue weighted by Crippen LogP contribution is -2.10. The van der Waals surface area contributed by atoms with Crippen LogP contribution >= 0.6 is 0 Å². The lowest BCUT2D eigenvalue weighted by Gasteiger charge is -2.15. The molecule has 3 rings (SSSR count). The average Bonchev–Trinajstić information content (AvgIpc) is 3.09. The monoisotopic (exact) mass is 640 g/mol. The Morgan fingerprint density at radius 3 is 1.70 bits per heavy atom. The first-order chi connectivity index (χ1) is 23.0. The van der Waals surface area contributed by atoms with Crippen molar-refractivity contribution in [2.24, 2.45) is 10.2 Å². The molecule has 256 valence electrons. The van der Waals surface area contributed by atoms with Crippen molar-refractivity contribution in [3.8, 4) is 11.5 Å². The summed E-state index contributed by atoms with van der Waals surface area (Å²) >= 11 is 0. The van der Waals surface area contributed by atoms with Gasteiger partial charge in [-0.05, 0) is 85.8 Å². The van der Waals surface area contributed by atoms with E-state index in [2.05, 4.69) is 31.0 Å². The second-order valence-corrected chi connectivity index (χ2v) is 13.1. The van der Waals surface area contributed by atoms with Gasteiger partial charge in [0, 0.05) is 0 Å². The second kappa shape index (κ2) is 23.0. The summed E-state index contributed by atoms with van der Waals surface area (Å²) in [6.45, 7) is 9.28. The minimum Gasteiger partial charge on any atom is -0.494 e. The van der Waals surface area contributed by atoms with Crippen LogP contribution in [0.5, 0.6) is 11.5 Å². The molecule has 0 N–H and O–H groups in total. The number of aryl methyl sites for hydroxylation is 1. The number of ether oxygens (including phenoxy) is 2. The Kier molecular flexibility index (Phi) is 18.6. The van der Waals surface area contributed by atoms with Crippen LogP contribution in [0.2, 0.25) is 0 Å². The highest BCUT2D eigenvalue weighted by atomic mass is 16.5. The fraction of sp³-hybridized carbons (Fsp3) is 0.548. The third-order valence-electron chi connectivity index (χ3n) is 9.01. The predicted molar refractivity (Wildman–Crippen MR) is 197 cm³/mol. The van der Waals surface area contributed by atoms with Crippen LogP contribution in [0.3, 0.4) is 0 Å². The molecule has 0 heterocycles. The van der Waals surface area contributed by atoms with E-state index in [0.717, 1.165) is 35.5 Å². The molecular formula is C42H60N2O3. The van der Waals surface area contributed by atoms with Gasteiger partial charge in [0.1, 0.15) is 11.5 Å². The molecule has 5 heteroatoms. The van der Waals surface area contributed by atoms with Crippen LogP contribution in [-0.4, -0.2) is 12.6 Å². The van der Waals surface area contributed by atoms with Gasteiger partial charge >= 0.3 is 5.97 Å². The van der Waals surface area contributed by atoms with Crippen molar-refractivity contribution in [1.82, 2.24) is 0 Å². The van der Waals surface area contributed by atoms with E-state index >= 15 is 0 Å². The third kappa shape index (κ3) is 15.3. The maximum absolute atomic E-state index is 13.0. The topological polar surface area (TPSA) is 60.2 Å². The van der Waals surface area contributed by atoms with Crippen molar-refractivity contribution in [2.75, 3.05) is 6.61 Å². The highest BCUT2D eigenvalue weighted by Gasteiger charge is 2.16. The summed E-state index contributed by atoms with van der Waals surface area (Å²) in [4.78, 5) is 13.0. The van der Waals surface area contributed by atoms with Crippen LogP contribution in [-0.2, 0) is 0 Å². The minimum absolute atomic E-state index is 0.202. The van der Waals surface area contributed by atoms with E-state index in [9.17, 15) is 4.79 Å². The van der Waals surface area contributed by atoms with Crippen molar-refractivity contribution >= 4 is 17.3 Å². The molecule has 0 aromatic heterocycles. The normalized spacial score (nSPS) is 12.0. The molecule has 0 bridgehead atoms. The summed E-state index contributed by atoms with van der Waals surface area (Å²) in [5.74, 6) is 1.16. The molecule has 3 aromatic rings. The lowest BCUT2D eigenvalue weighted by molar-refractivity contribution is 0.0732. The molecule has 1 unspecified atom stereocenters. The van der Waals surface area contributed by atoms with E-state index in [1.807, 2.05) is 61.5 Å². The molecule has 5 nitrogen and oxygen atoms in total. The standard InChI is InChI=1S/C42H60N2O3/c1-5-7-8-9-10-11-12-13-14-15-16-17-18-19-20-21-32-46-39-29-24-36(25-30-39)42(45)47-41-31-28-38(33-40(41)35(4)6-2)44-43-37-26-22-34(3)23-27-37/h22-31,33,35H,5-21,32H2,1-4H3. The quantitative estimate of drug-likeness (QED) is 0.0423. The zero-order chi connectivity index (χ0) is 33.5. The van der Waals surface area contributed by atoms with Crippen LogP contribution in [0, 0.1) is 6.92 Å². The zero-order valence-corrected chi connectivity index (χ0v) is 29.8. The van der Waals surface area contributed by atoms with Crippen LogP contribution in [0.4, 0.5) is 11.4 Å². The number of carbonyl (C=O) groups is 1. The van der Waals surface area contributed by atoms with E-state index < -0.39 is 0 Å². The molecule has 0 aliphatic carbocycles. The van der Waals surface area contributed by atoms with Crippen LogP contribution in [0.15, 0.2) is 77.0 Å². The Morgan fingerprint density at radius 2 is 1.15 bits per heavy atom. The molecule has 0 aliphatic rings. The van der Waals surface area contributed by atoms with Crippen molar-refractivity contribution < 1.29 is 14.3 Å². The van der Waals surface area contributed by atoms with Crippen molar-refractivity contribution in [2.45, 2.75) is 143 Å². The Hall–Kier alpha value is -3.47. The molecule has 47 heavy (non-hydrogen) atoms. The highest BCUT2D eigenvalue weighted by Crippen LogP contribution is 2.34. The first-order valence-corrected chi connectivity index (χ1v) is 18.6. The number of unbranched alkanes of at least 4 members (excludes halogenated alkanes) is 15. The summed E-state index contributed by atoms with van der Waals surface area (Å²) in [6, 6.07) is 20.8. The highest BCUT2D eigenvalue weighted by molar-refractivity contribution is 5.91. The van der Waals surface area contributed by atoms with E-state index in [4.69, 9.17) is 9.47 Å². The summed E-state index contributed by atoms with van der Waals surface area (Å²) in [5, 5.41) is 8.78. The molecule has 0 saturated heterocycles. The van der Waals surface area contributed by atoms with Gasteiger partial charge in [-0.1, -0.05) is 135 Å². The van der Waals surface area contributed by atoms with Crippen molar-refractivity contribution in [3.63, 3.8) is 0 Å². The second-order valence-electron chi connectivity index (χ2n) is 13.1. The van der Waals surface area contributed by atoms with Gasteiger partial charge in [0.2, 0.25) is 0 Å². The summed E-state index contributed by atoms with van der Waals surface area (Å²) in [7, 11) is 0. The number of hydrogen-bond donors (Lipinski definition) is 0. The number of nitrogens with zero attached hydrogens (tertiary/aromatic N) is 2. The Bertz CT molecular complexity index is 1300. The van der Waals surface area contributed by atoms with Gasteiger partial charge in [-0.25, -0.2) is 4.79 Å². The van der Waals surface area contributed by atoms with Gasteiger partial charge in [0.15, 0.2) is 0 Å². The molecule has 3 aromatic carbocycles. The smallest absolute Gasteiger partial charge is 0.343 e.